The molecular weight excluding hydrogens is 254 g/mol. The summed E-state index contributed by atoms with van der Waals surface area (Å²) < 4.78 is 10.9. The van der Waals surface area contributed by atoms with Crippen molar-refractivity contribution in [1.82, 2.24) is 4.90 Å². The van der Waals surface area contributed by atoms with Crippen LogP contribution in [-0.2, 0) is 20.9 Å². The van der Waals surface area contributed by atoms with Crippen LogP contribution in [0.15, 0.2) is 18.2 Å². The van der Waals surface area contributed by atoms with E-state index in [1.807, 2.05) is 13.8 Å². The highest BCUT2D eigenvalue weighted by molar-refractivity contribution is 5.75. The van der Waals surface area contributed by atoms with E-state index >= 15 is 0 Å². The van der Waals surface area contributed by atoms with E-state index in [1.165, 1.54) is 5.56 Å². The number of nitrogens with zero attached hydrogens (tertiary/aromatic N) is 1. The third-order valence-electron chi connectivity index (χ3n) is 3.74. The van der Waals surface area contributed by atoms with Crippen molar-refractivity contribution in [2.45, 2.75) is 33.5 Å². The molecule has 4 nitrogen and oxygen atoms in total. The van der Waals surface area contributed by atoms with Crippen molar-refractivity contribution < 1.29 is 14.3 Å². The number of hydrogen-bond acceptors (Lipinski definition) is 4. The van der Waals surface area contributed by atoms with Gasteiger partial charge in [0.1, 0.15) is 6.61 Å². The number of carbonyl (C=O) groups excluding carboxylic acids is 1. The number of hydrogen-bond donors (Lipinski definition) is 0. The maximum Gasteiger partial charge on any atom is 0.336 e. The van der Waals surface area contributed by atoms with Gasteiger partial charge in [0.15, 0.2) is 6.10 Å². The van der Waals surface area contributed by atoms with Gasteiger partial charge in [0.05, 0.1) is 6.61 Å². The number of rotatable bonds is 4. The van der Waals surface area contributed by atoms with Crippen molar-refractivity contribution >= 4 is 5.97 Å². The molecule has 0 aliphatic carbocycles. The first kappa shape index (κ1) is 15.0. The lowest BCUT2D eigenvalue weighted by Crippen LogP contribution is -2.46. The summed E-state index contributed by atoms with van der Waals surface area (Å²) in [7, 11) is 0. The molecule has 1 aromatic carbocycles. The number of ether oxygens (including phenoxy) is 2. The first-order valence-corrected chi connectivity index (χ1v) is 7.17. The highest BCUT2D eigenvalue weighted by Gasteiger charge is 2.27. The van der Waals surface area contributed by atoms with E-state index in [0.717, 1.165) is 24.2 Å². The third kappa shape index (κ3) is 3.81. The molecule has 0 saturated carbocycles. The topological polar surface area (TPSA) is 38.8 Å². The Kier molecular flexibility index (Phi) is 5.15. The van der Waals surface area contributed by atoms with Crippen molar-refractivity contribution in [2.24, 2.45) is 0 Å². The number of esters is 1. The largest absolute Gasteiger partial charge is 0.459 e. The summed E-state index contributed by atoms with van der Waals surface area (Å²) in [5.74, 6) is -0.260. The van der Waals surface area contributed by atoms with Crippen LogP contribution in [0.3, 0.4) is 0 Å². The standard InChI is InChI=1S/C16H23NO3/c1-4-17-7-8-19-15(10-17)16(18)20-11-14-9-12(2)5-6-13(14)3/h5-6,9,15H,4,7-8,10-11H2,1-3H3/t15-/m0/s1. The summed E-state index contributed by atoms with van der Waals surface area (Å²) in [6.45, 7) is 9.51. The second-order valence-corrected chi connectivity index (χ2v) is 5.29. The molecule has 0 aromatic heterocycles. The summed E-state index contributed by atoms with van der Waals surface area (Å²) in [4.78, 5) is 14.3. The molecule has 1 aliphatic rings. The Labute approximate surface area is 120 Å². The average molecular weight is 277 g/mol. The SMILES string of the molecule is CCN1CCO[C@H](C(=O)OCc2cc(C)ccc2C)C1. The van der Waals surface area contributed by atoms with E-state index in [-0.39, 0.29) is 5.97 Å². The molecule has 0 radical (unpaired) electrons. The van der Waals surface area contributed by atoms with Crippen LogP contribution < -0.4 is 0 Å². The number of aryl methyl sites for hydroxylation is 2. The quantitative estimate of drug-likeness (QED) is 0.790. The number of benzene rings is 1. The second-order valence-electron chi connectivity index (χ2n) is 5.29. The smallest absolute Gasteiger partial charge is 0.336 e. The zero-order chi connectivity index (χ0) is 14.5. The third-order valence-corrected chi connectivity index (χ3v) is 3.74. The van der Waals surface area contributed by atoms with Gasteiger partial charge < -0.3 is 9.47 Å². The lowest BCUT2D eigenvalue weighted by atomic mass is 10.1. The molecule has 1 fully saturated rings. The molecule has 0 unspecified atom stereocenters. The minimum absolute atomic E-state index is 0.260. The maximum absolute atomic E-state index is 12.1. The van der Waals surface area contributed by atoms with E-state index in [1.54, 1.807) is 0 Å². The summed E-state index contributed by atoms with van der Waals surface area (Å²) in [6, 6.07) is 6.17. The first-order valence-electron chi connectivity index (χ1n) is 7.17. The van der Waals surface area contributed by atoms with Crippen molar-refractivity contribution in [3.63, 3.8) is 0 Å². The van der Waals surface area contributed by atoms with Crippen LogP contribution in [0.25, 0.3) is 0 Å². The van der Waals surface area contributed by atoms with Crippen LogP contribution in [0.2, 0.25) is 0 Å². The summed E-state index contributed by atoms with van der Waals surface area (Å²) >= 11 is 0. The minimum Gasteiger partial charge on any atom is -0.459 e. The Bertz CT molecular complexity index is 473. The van der Waals surface area contributed by atoms with Crippen LogP contribution in [-0.4, -0.2) is 43.2 Å². The lowest BCUT2D eigenvalue weighted by Gasteiger charge is -2.30. The molecule has 4 heteroatoms. The molecule has 20 heavy (non-hydrogen) atoms. The Morgan fingerprint density at radius 2 is 2.25 bits per heavy atom. The Morgan fingerprint density at radius 3 is 3.00 bits per heavy atom. The number of morpholine rings is 1. The van der Waals surface area contributed by atoms with Gasteiger partial charge in [-0.25, -0.2) is 4.79 Å². The lowest BCUT2D eigenvalue weighted by molar-refractivity contribution is -0.164. The van der Waals surface area contributed by atoms with Gasteiger partial charge in [-0.3, -0.25) is 4.90 Å². The molecule has 1 atom stereocenters. The van der Waals surface area contributed by atoms with Crippen molar-refractivity contribution in [3.05, 3.63) is 34.9 Å². The van der Waals surface area contributed by atoms with Gasteiger partial charge in [-0.1, -0.05) is 30.7 Å². The van der Waals surface area contributed by atoms with Crippen LogP contribution in [0.4, 0.5) is 0 Å². The summed E-state index contributed by atoms with van der Waals surface area (Å²) in [5, 5.41) is 0. The van der Waals surface area contributed by atoms with E-state index in [9.17, 15) is 4.79 Å². The highest BCUT2D eigenvalue weighted by Crippen LogP contribution is 2.13. The maximum atomic E-state index is 12.1. The van der Waals surface area contributed by atoms with Gasteiger partial charge in [-0.15, -0.1) is 0 Å². The van der Waals surface area contributed by atoms with E-state index in [0.29, 0.717) is 19.8 Å². The van der Waals surface area contributed by atoms with Gasteiger partial charge >= 0.3 is 5.97 Å². The van der Waals surface area contributed by atoms with Crippen LogP contribution in [0.5, 0.6) is 0 Å². The fourth-order valence-corrected chi connectivity index (χ4v) is 2.33. The van der Waals surface area contributed by atoms with Crippen molar-refractivity contribution in [2.75, 3.05) is 26.2 Å². The molecule has 1 saturated heterocycles. The first-order chi connectivity index (χ1) is 9.60. The Hall–Kier alpha value is -1.39. The normalized spacial score (nSPS) is 19.9. The molecule has 0 bridgehead atoms. The fraction of sp³-hybridized carbons (Fsp3) is 0.562. The van der Waals surface area contributed by atoms with Crippen LogP contribution >= 0.6 is 0 Å². The van der Waals surface area contributed by atoms with Gasteiger partial charge in [0.25, 0.3) is 0 Å². The van der Waals surface area contributed by atoms with Gasteiger partial charge in [0.2, 0.25) is 0 Å². The number of likely N-dealkylation sites (N-methyl/N-ethyl adjacent to an activating group) is 1. The molecule has 2 rings (SSSR count). The monoisotopic (exact) mass is 277 g/mol. The van der Waals surface area contributed by atoms with E-state index < -0.39 is 6.10 Å². The van der Waals surface area contributed by atoms with Gasteiger partial charge in [-0.05, 0) is 31.5 Å². The van der Waals surface area contributed by atoms with E-state index in [2.05, 4.69) is 30.0 Å². The molecule has 1 heterocycles. The van der Waals surface area contributed by atoms with Gasteiger partial charge in [-0.2, -0.15) is 0 Å². The van der Waals surface area contributed by atoms with Crippen LogP contribution in [0, 0.1) is 13.8 Å². The molecule has 1 aliphatic heterocycles. The van der Waals surface area contributed by atoms with Gasteiger partial charge in [0, 0.05) is 13.1 Å². The number of carbonyl (C=O) groups is 1. The summed E-state index contributed by atoms with van der Waals surface area (Å²) in [6.07, 6.45) is -0.450. The van der Waals surface area contributed by atoms with Crippen molar-refractivity contribution in [3.8, 4) is 0 Å². The minimum atomic E-state index is -0.450. The predicted octanol–water partition coefficient (Wildman–Crippen LogP) is 2.07. The molecular formula is C16H23NO3. The van der Waals surface area contributed by atoms with Crippen molar-refractivity contribution in [1.29, 1.82) is 0 Å². The fourth-order valence-electron chi connectivity index (χ4n) is 2.33. The average Bonchev–Trinajstić information content (AvgIpc) is 2.48. The van der Waals surface area contributed by atoms with E-state index in [4.69, 9.17) is 9.47 Å². The second kappa shape index (κ2) is 6.86. The van der Waals surface area contributed by atoms with Crippen LogP contribution in [0.1, 0.15) is 23.6 Å². The molecule has 1 aromatic rings. The molecule has 110 valence electrons. The highest BCUT2D eigenvalue weighted by atomic mass is 16.6. The zero-order valence-electron chi connectivity index (χ0n) is 12.5. The Morgan fingerprint density at radius 1 is 1.45 bits per heavy atom. The molecule has 0 amide bonds. The zero-order valence-corrected chi connectivity index (χ0v) is 12.5. The molecule has 0 spiro atoms. The predicted molar refractivity (Wildman–Crippen MR) is 77.6 cm³/mol. The Balaban J connectivity index is 1.90. The molecule has 0 N–H and O–H groups in total. The summed E-state index contributed by atoms with van der Waals surface area (Å²) in [5.41, 5.74) is 3.37.